The van der Waals surface area contributed by atoms with Crippen molar-refractivity contribution in [2.24, 2.45) is 10.9 Å². The van der Waals surface area contributed by atoms with E-state index in [0.29, 0.717) is 24.3 Å². The van der Waals surface area contributed by atoms with Gasteiger partial charge in [-0.05, 0) is 18.8 Å². The van der Waals surface area contributed by atoms with Crippen LogP contribution in [-0.2, 0) is 12.0 Å². The molecule has 0 saturated heterocycles. The van der Waals surface area contributed by atoms with E-state index >= 15 is 0 Å². The van der Waals surface area contributed by atoms with E-state index in [1.807, 2.05) is 0 Å². The van der Waals surface area contributed by atoms with Crippen LogP contribution in [0.1, 0.15) is 65.1 Å². The maximum atomic E-state index is 5.30. The van der Waals surface area contributed by atoms with E-state index in [1.165, 1.54) is 25.7 Å². The molecule has 1 saturated carbocycles. The van der Waals surface area contributed by atoms with Crippen LogP contribution in [0.3, 0.4) is 0 Å². The zero-order valence-corrected chi connectivity index (χ0v) is 14.4. The standard InChI is InChI=1S/C16H29N5O/c1-11-7-6-8-12(9-11)19-15(17-5)18-10-13-20-14(22-21-13)16(2,3)4/h11-12H,6-10H2,1-5H3,(H2,17,18,19). The van der Waals surface area contributed by atoms with E-state index in [4.69, 9.17) is 4.52 Å². The molecule has 0 amide bonds. The summed E-state index contributed by atoms with van der Waals surface area (Å²) in [7, 11) is 1.79. The minimum absolute atomic E-state index is 0.122. The van der Waals surface area contributed by atoms with Gasteiger partial charge in [0.1, 0.15) is 0 Å². The first-order chi connectivity index (χ1) is 10.4. The first-order valence-electron chi connectivity index (χ1n) is 8.18. The van der Waals surface area contributed by atoms with Crippen molar-refractivity contribution in [2.45, 2.75) is 71.4 Å². The molecule has 6 nitrogen and oxygen atoms in total. The second-order valence-electron chi connectivity index (χ2n) is 7.30. The predicted octanol–water partition coefficient (Wildman–Crippen LogP) is 2.61. The highest BCUT2D eigenvalue weighted by Crippen LogP contribution is 2.23. The van der Waals surface area contributed by atoms with E-state index in [1.54, 1.807) is 7.05 Å². The molecule has 1 fully saturated rings. The Morgan fingerprint density at radius 1 is 1.36 bits per heavy atom. The van der Waals surface area contributed by atoms with Gasteiger partial charge in [0.05, 0.1) is 6.54 Å². The summed E-state index contributed by atoms with van der Waals surface area (Å²) in [6.07, 6.45) is 5.04. The van der Waals surface area contributed by atoms with Crippen molar-refractivity contribution in [1.82, 2.24) is 20.8 Å². The van der Waals surface area contributed by atoms with Gasteiger partial charge in [-0.25, -0.2) is 0 Å². The molecule has 1 aromatic heterocycles. The number of nitrogens with one attached hydrogen (secondary N) is 2. The molecule has 124 valence electrons. The van der Waals surface area contributed by atoms with Crippen molar-refractivity contribution < 1.29 is 4.52 Å². The lowest BCUT2D eigenvalue weighted by molar-refractivity contribution is 0.317. The van der Waals surface area contributed by atoms with Crippen LogP contribution in [0.15, 0.2) is 9.52 Å². The van der Waals surface area contributed by atoms with E-state index < -0.39 is 0 Å². The number of hydrogen-bond donors (Lipinski definition) is 2. The summed E-state index contributed by atoms with van der Waals surface area (Å²) >= 11 is 0. The highest BCUT2D eigenvalue weighted by Gasteiger charge is 2.22. The van der Waals surface area contributed by atoms with Crippen LogP contribution in [0.5, 0.6) is 0 Å². The molecule has 2 atom stereocenters. The Morgan fingerprint density at radius 2 is 2.14 bits per heavy atom. The van der Waals surface area contributed by atoms with Gasteiger partial charge < -0.3 is 15.2 Å². The fourth-order valence-electron chi connectivity index (χ4n) is 2.75. The number of hydrogen-bond acceptors (Lipinski definition) is 4. The molecule has 1 aliphatic carbocycles. The van der Waals surface area contributed by atoms with Crippen molar-refractivity contribution in [3.05, 3.63) is 11.7 Å². The largest absolute Gasteiger partial charge is 0.354 e. The van der Waals surface area contributed by atoms with E-state index in [2.05, 4.69) is 53.5 Å². The molecule has 1 aliphatic rings. The van der Waals surface area contributed by atoms with E-state index in [-0.39, 0.29) is 5.41 Å². The fraction of sp³-hybridized carbons (Fsp3) is 0.812. The Bertz CT molecular complexity index is 503. The molecule has 2 N–H and O–H groups in total. The molecule has 2 rings (SSSR count). The molecule has 0 radical (unpaired) electrons. The van der Waals surface area contributed by atoms with Crippen molar-refractivity contribution in [1.29, 1.82) is 0 Å². The number of aromatic nitrogens is 2. The predicted molar refractivity (Wildman–Crippen MR) is 87.8 cm³/mol. The minimum atomic E-state index is -0.122. The third kappa shape index (κ3) is 4.71. The van der Waals surface area contributed by atoms with E-state index in [9.17, 15) is 0 Å². The van der Waals surface area contributed by atoms with Crippen LogP contribution < -0.4 is 10.6 Å². The molecule has 1 aromatic rings. The second-order valence-corrected chi connectivity index (χ2v) is 7.30. The molecule has 2 unspecified atom stereocenters. The van der Waals surface area contributed by atoms with E-state index in [0.717, 1.165) is 11.9 Å². The minimum Gasteiger partial charge on any atom is -0.354 e. The lowest BCUT2D eigenvalue weighted by Crippen LogP contribution is -2.44. The van der Waals surface area contributed by atoms with Crippen LogP contribution >= 0.6 is 0 Å². The maximum absolute atomic E-state index is 5.30. The van der Waals surface area contributed by atoms with Crippen molar-refractivity contribution in [3.8, 4) is 0 Å². The third-order valence-corrected chi connectivity index (χ3v) is 4.02. The molecular formula is C16H29N5O. The van der Waals surface area contributed by atoms with Gasteiger partial charge in [0.2, 0.25) is 5.89 Å². The van der Waals surface area contributed by atoms with Gasteiger partial charge in [0, 0.05) is 18.5 Å². The first kappa shape index (κ1) is 16.8. The number of rotatable bonds is 3. The molecular weight excluding hydrogens is 278 g/mol. The molecule has 0 aromatic carbocycles. The SMILES string of the molecule is CN=C(NCc1noc(C(C)(C)C)n1)NC1CCCC(C)C1. The topological polar surface area (TPSA) is 75.3 Å². The van der Waals surface area contributed by atoms with Gasteiger partial charge in [-0.2, -0.15) is 4.98 Å². The zero-order valence-electron chi connectivity index (χ0n) is 14.4. The van der Waals surface area contributed by atoms with Gasteiger partial charge in [0.25, 0.3) is 0 Å². The monoisotopic (exact) mass is 307 g/mol. The molecule has 0 bridgehead atoms. The average molecular weight is 307 g/mol. The highest BCUT2D eigenvalue weighted by atomic mass is 16.5. The summed E-state index contributed by atoms with van der Waals surface area (Å²) in [4.78, 5) is 8.71. The average Bonchev–Trinajstić information content (AvgIpc) is 2.92. The summed E-state index contributed by atoms with van der Waals surface area (Å²) in [5.41, 5.74) is -0.122. The van der Waals surface area contributed by atoms with Crippen molar-refractivity contribution in [2.75, 3.05) is 7.05 Å². The number of guanidine groups is 1. The Labute approximate surface area is 133 Å². The number of aliphatic imine (C=N–C) groups is 1. The first-order valence-corrected chi connectivity index (χ1v) is 8.18. The normalized spacial score (nSPS) is 23.4. The van der Waals surface area contributed by atoms with Crippen molar-refractivity contribution >= 4 is 5.96 Å². The lowest BCUT2D eigenvalue weighted by atomic mass is 9.87. The van der Waals surface area contributed by atoms with Gasteiger partial charge >= 0.3 is 0 Å². The lowest BCUT2D eigenvalue weighted by Gasteiger charge is -2.28. The van der Waals surface area contributed by atoms with Gasteiger partial charge in [-0.3, -0.25) is 4.99 Å². The van der Waals surface area contributed by atoms with Gasteiger partial charge in [-0.15, -0.1) is 0 Å². The van der Waals surface area contributed by atoms with Crippen LogP contribution in [-0.4, -0.2) is 29.2 Å². The molecule has 0 aliphatic heterocycles. The van der Waals surface area contributed by atoms with Crippen LogP contribution in [0.25, 0.3) is 0 Å². The van der Waals surface area contributed by atoms with Gasteiger partial charge in [-0.1, -0.05) is 45.7 Å². The highest BCUT2D eigenvalue weighted by molar-refractivity contribution is 5.79. The van der Waals surface area contributed by atoms with Crippen molar-refractivity contribution in [3.63, 3.8) is 0 Å². The molecule has 0 spiro atoms. The second kappa shape index (κ2) is 7.11. The Hall–Kier alpha value is -1.59. The quantitative estimate of drug-likeness (QED) is 0.663. The summed E-state index contributed by atoms with van der Waals surface area (Å²) in [5, 5.41) is 10.8. The van der Waals surface area contributed by atoms with Gasteiger partial charge in [0.15, 0.2) is 11.8 Å². The van der Waals surface area contributed by atoms with Crippen LogP contribution in [0.2, 0.25) is 0 Å². The summed E-state index contributed by atoms with van der Waals surface area (Å²) in [6.45, 7) is 9.01. The smallest absolute Gasteiger partial charge is 0.232 e. The van der Waals surface area contributed by atoms with Crippen LogP contribution in [0, 0.1) is 5.92 Å². The molecule has 6 heteroatoms. The Kier molecular flexibility index (Phi) is 5.42. The summed E-state index contributed by atoms with van der Waals surface area (Å²) in [5.74, 6) is 2.91. The summed E-state index contributed by atoms with van der Waals surface area (Å²) < 4.78 is 5.30. The molecule has 22 heavy (non-hydrogen) atoms. The fourth-order valence-corrected chi connectivity index (χ4v) is 2.75. The Morgan fingerprint density at radius 3 is 2.73 bits per heavy atom. The van der Waals surface area contributed by atoms with Crippen LogP contribution in [0.4, 0.5) is 0 Å². The zero-order chi connectivity index (χ0) is 16.2. The molecule has 1 heterocycles. The maximum Gasteiger partial charge on any atom is 0.232 e. The Balaban J connectivity index is 1.85. The number of nitrogens with zero attached hydrogens (tertiary/aromatic N) is 3. The third-order valence-electron chi connectivity index (χ3n) is 4.02. The summed E-state index contributed by atoms with van der Waals surface area (Å²) in [6, 6.07) is 0.505.